The van der Waals surface area contributed by atoms with Crippen LogP contribution in [0.5, 0.6) is 5.75 Å². The van der Waals surface area contributed by atoms with Gasteiger partial charge in [-0.15, -0.1) is 0 Å². The van der Waals surface area contributed by atoms with Crippen LogP contribution in [-0.4, -0.2) is 18.4 Å². The zero-order valence-electron chi connectivity index (χ0n) is 15.6. The van der Waals surface area contributed by atoms with Gasteiger partial charge in [0, 0.05) is 5.56 Å². The number of aryl methyl sites for hydroxylation is 1. The molecule has 3 aromatic carbocycles. The second-order valence-electron chi connectivity index (χ2n) is 6.24. The molecule has 2 N–H and O–H groups in total. The topological polar surface area (TPSA) is 67.4 Å². The van der Waals surface area contributed by atoms with Crippen LogP contribution in [0.3, 0.4) is 0 Å². The molecule has 2 amide bonds. The van der Waals surface area contributed by atoms with Crippen LogP contribution in [0.2, 0.25) is 0 Å². The first-order valence-electron chi connectivity index (χ1n) is 9.12. The third-order valence-corrected chi connectivity index (χ3v) is 4.25. The molecule has 0 atom stereocenters. The molecule has 0 heterocycles. The van der Waals surface area contributed by atoms with Crippen LogP contribution in [-0.2, 0) is 11.2 Å². The number of ether oxygens (including phenoxy) is 1. The van der Waals surface area contributed by atoms with Crippen LogP contribution in [0.15, 0.2) is 78.9 Å². The Morgan fingerprint density at radius 1 is 0.821 bits per heavy atom. The third-order valence-electron chi connectivity index (χ3n) is 4.25. The van der Waals surface area contributed by atoms with Crippen molar-refractivity contribution in [3.8, 4) is 16.9 Å². The van der Waals surface area contributed by atoms with Gasteiger partial charge in [0.15, 0.2) is 6.61 Å². The SMILES string of the molecule is CCc1cccc(OCC(=O)NNC(=O)c2ccc(-c3ccccc3)cc2)c1. The number of hydrogen-bond donors (Lipinski definition) is 2. The average molecular weight is 374 g/mol. The van der Waals surface area contributed by atoms with Crippen molar-refractivity contribution in [2.45, 2.75) is 13.3 Å². The Bertz CT molecular complexity index is 938. The maximum absolute atomic E-state index is 12.2. The first-order chi connectivity index (χ1) is 13.7. The van der Waals surface area contributed by atoms with Gasteiger partial charge in [0.1, 0.15) is 5.75 Å². The Hall–Kier alpha value is -3.60. The van der Waals surface area contributed by atoms with Gasteiger partial charge in [-0.3, -0.25) is 20.4 Å². The van der Waals surface area contributed by atoms with Crippen molar-refractivity contribution >= 4 is 11.8 Å². The Balaban J connectivity index is 1.48. The highest BCUT2D eigenvalue weighted by atomic mass is 16.5. The lowest BCUT2D eigenvalue weighted by atomic mass is 10.0. The Kier molecular flexibility index (Phi) is 6.41. The second kappa shape index (κ2) is 9.37. The highest BCUT2D eigenvalue weighted by Gasteiger charge is 2.08. The van der Waals surface area contributed by atoms with E-state index in [2.05, 4.69) is 10.9 Å². The third kappa shape index (κ3) is 5.20. The van der Waals surface area contributed by atoms with Gasteiger partial charge >= 0.3 is 0 Å². The summed E-state index contributed by atoms with van der Waals surface area (Å²) in [6.07, 6.45) is 0.891. The minimum absolute atomic E-state index is 0.180. The van der Waals surface area contributed by atoms with E-state index < -0.39 is 5.91 Å². The van der Waals surface area contributed by atoms with Gasteiger partial charge in [-0.1, -0.05) is 61.5 Å². The lowest BCUT2D eigenvalue weighted by Gasteiger charge is -2.10. The van der Waals surface area contributed by atoms with Crippen LogP contribution in [0.25, 0.3) is 11.1 Å². The molecule has 142 valence electrons. The van der Waals surface area contributed by atoms with Crippen LogP contribution in [0.1, 0.15) is 22.8 Å². The molecule has 0 aliphatic heterocycles. The van der Waals surface area contributed by atoms with Crippen LogP contribution >= 0.6 is 0 Å². The molecule has 0 unspecified atom stereocenters. The molecule has 28 heavy (non-hydrogen) atoms. The summed E-state index contributed by atoms with van der Waals surface area (Å²) in [5, 5.41) is 0. The molecule has 0 saturated carbocycles. The highest BCUT2D eigenvalue weighted by molar-refractivity contribution is 5.95. The first kappa shape index (κ1) is 19.2. The van der Waals surface area contributed by atoms with Crippen LogP contribution < -0.4 is 15.6 Å². The lowest BCUT2D eigenvalue weighted by molar-refractivity contribution is -0.123. The fourth-order valence-electron chi connectivity index (χ4n) is 2.68. The van der Waals surface area contributed by atoms with E-state index in [9.17, 15) is 9.59 Å². The van der Waals surface area contributed by atoms with Crippen molar-refractivity contribution < 1.29 is 14.3 Å². The predicted molar refractivity (Wildman–Crippen MR) is 109 cm³/mol. The Morgan fingerprint density at radius 3 is 2.25 bits per heavy atom. The van der Waals surface area contributed by atoms with Crippen molar-refractivity contribution in [1.82, 2.24) is 10.9 Å². The van der Waals surface area contributed by atoms with Crippen molar-refractivity contribution in [2.24, 2.45) is 0 Å². The largest absolute Gasteiger partial charge is 0.484 e. The number of amides is 2. The van der Waals surface area contributed by atoms with Gasteiger partial charge < -0.3 is 4.74 Å². The molecule has 0 aliphatic rings. The quantitative estimate of drug-likeness (QED) is 0.646. The standard InChI is InChI=1S/C23H22N2O3/c1-2-17-7-6-10-21(15-17)28-16-22(26)24-25-23(27)20-13-11-19(12-14-20)18-8-4-3-5-9-18/h3-15H,2,16H2,1H3,(H,24,26)(H,25,27). The highest BCUT2D eigenvalue weighted by Crippen LogP contribution is 2.19. The second-order valence-corrected chi connectivity index (χ2v) is 6.24. The lowest BCUT2D eigenvalue weighted by Crippen LogP contribution is -2.43. The molecule has 5 heteroatoms. The summed E-state index contributed by atoms with van der Waals surface area (Å²) in [4.78, 5) is 24.1. The van der Waals surface area contributed by atoms with E-state index in [1.807, 2.05) is 67.6 Å². The maximum Gasteiger partial charge on any atom is 0.276 e. The summed E-state index contributed by atoms with van der Waals surface area (Å²) in [6.45, 7) is 1.87. The van der Waals surface area contributed by atoms with Crippen molar-refractivity contribution in [1.29, 1.82) is 0 Å². The van der Waals surface area contributed by atoms with E-state index in [4.69, 9.17) is 4.74 Å². The first-order valence-corrected chi connectivity index (χ1v) is 9.12. The molecule has 0 radical (unpaired) electrons. The molecule has 3 rings (SSSR count). The van der Waals surface area contributed by atoms with Crippen molar-refractivity contribution in [2.75, 3.05) is 6.61 Å². The zero-order valence-corrected chi connectivity index (χ0v) is 15.6. The number of carbonyl (C=O) groups is 2. The molecular formula is C23H22N2O3. The van der Waals surface area contributed by atoms with E-state index in [-0.39, 0.29) is 12.5 Å². The number of benzene rings is 3. The van der Waals surface area contributed by atoms with Gasteiger partial charge in [-0.05, 0) is 47.4 Å². The van der Waals surface area contributed by atoms with Crippen molar-refractivity contribution in [3.63, 3.8) is 0 Å². The van der Waals surface area contributed by atoms with E-state index in [0.29, 0.717) is 11.3 Å². The van der Waals surface area contributed by atoms with Gasteiger partial charge in [-0.25, -0.2) is 0 Å². The van der Waals surface area contributed by atoms with Gasteiger partial charge in [0.05, 0.1) is 0 Å². The average Bonchev–Trinajstić information content (AvgIpc) is 2.77. The monoisotopic (exact) mass is 374 g/mol. The van der Waals surface area contributed by atoms with E-state index >= 15 is 0 Å². The number of carbonyl (C=O) groups excluding carboxylic acids is 2. The minimum atomic E-state index is -0.434. The molecule has 0 spiro atoms. The number of hydrogen-bond acceptors (Lipinski definition) is 3. The normalized spacial score (nSPS) is 10.2. The molecule has 0 aliphatic carbocycles. The van der Waals surface area contributed by atoms with Gasteiger partial charge in [0.2, 0.25) is 0 Å². The predicted octanol–water partition coefficient (Wildman–Crippen LogP) is 3.76. The Labute approximate surface area is 164 Å². The minimum Gasteiger partial charge on any atom is -0.484 e. The van der Waals surface area contributed by atoms with Crippen LogP contribution in [0, 0.1) is 0 Å². The fourth-order valence-corrected chi connectivity index (χ4v) is 2.68. The van der Waals surface area contributed by atoms with E-state index in [1.165, 1.54) is 0 Å². The summed E-state index contributed by atoms with van der Waals surface area (Å²) >= 11 is 0. The molecular weight excluding hydrogens is 352 g/mol. The van der Waals surface area contributed by atoms with E-state index in [1.54, 1.807) is 18.2 Å². The molecule has 0 saturated heterocycles. The van der Waals surface area contributed by atoms with Crippen LogP contribution in [0.4, 0.5) is 0 Å². The summed E-state index contributed by atoms with van der Waals surface area (Å²) in [5.41, 5.74) is 8.44. The summed E-state index contributed by atoms with van der Waals surface area (Å²) in [6, 6.07) is 24.6. The summed E-state index contributed by atoms with van der Waals surface area (Å²) < 4.78 is 5.45. The van der Waals surface area contributed by atoms with Gasteiger partial charge in [-0.2, -0.15) is 0 Å². The molecule has 3 aromatic rings. The molecule has 0 fully saturated rings. The summed E-state index contributed by atoms with van der Waals surface area (Å²) in [7, 11) is 0. The fraction of sp³-hybridized carbons (Fsp3) is 0.130. The number of rotatable bonds is 6. The molecule has 0 bridgehead atoms. The number of nitrogens with one attached hydrogen (secondary N) is 2. The molecule has 0 aromatic heterocycles. The number of hydrazine groups is 1. The summed E-state index contributed by atoms with van der Waals surface area (Å²) in [5.74, 6) is -0.200. The van der Waals surface area contributed by atoms with Crippen molar-refractivity contribution in [3.05, 3.63) is 90.0 Å². The van der Waals surface area contributed by atoms with Gasteiger partial charge in [0.25, 0.3) is 11.8 Å². The zero-order chi connectivity index (χ0) is 19.8. The Morgan fingerprint density at radius 2 is 1.54 bits per heavy atom. The smallest absolute Gasteiger partial charge is 0.276 e. The maximum atomic E-state index is 12.2. The van der Waals surface area contributed by atoms with E-state index in [0.717, 1.165) is 23.1 Å². The molecule has 5 nitrogen and oxygen atoms in total.